The van der Waals surface area contributed by atoms with Crippen molar-refractivity contribution in [3.05, 3.63) is 0 Å². The molecule has 102 valence electrons. The first kappa shape index (κ1) is 12.7. The maximum absolute atomic E-state index is 11.2. The van der Waals surface area contributed by atoms with Crippen LogP contribution in [0, 0.1) is 17.3 Å². The predicted molar refractivity (Wildman–Crippen MR) is 66.4 cm³/mol. The lowest BCUT2D eigenvalue weighted by Gasteiger charge is -2.17. The van der Waals surface area contributed by atoms with E-state index in [1.165, 1.54) is 0 Å². The fraction of sp³-hybridized carbons (Fsp3) is 0.733. The van der Waals surface area contributed by atoms with Crippen molar-refractivity contribution in [1.82, 2.24) is 0 Å². The lowest BCUT2D eigenvalue weighted by atomic mass is 9.84. The Morgan fingerprint density at radius 3 is 2.21 bits per heavy atom. The highest BCUT2D eigenvalue weighted by Crippen LogP contribution is 2.53. The fourth-order valence-corrected chi connectivity index (χ4v) is 3.21. The number of carbonyl (C=O) groups excluding carboxylic acids is 4. The maximum atomic E-state index is 11.2. The molecule has 0 heterocycles. The van der Waals surface area contributed by atoms with Gasteiger partial charge >= 0.3 is 0 Å². The predicted octanol–water partition coefficient (Wildman–Crippen LogP) is 1.64. The summed E-state index contributed by atoms with van der Waals surface area (Å²) in [6.45, 7) is 0. The van der Waals surface area contributed by atoms with Crippen LogP contribution in [-0.2, 0) is 19.2 Å². The third-order valence-electron chi connectivity index (χ3n) is 4.88. The van der Waals surface area contributed by atoms with Gasteiger partial charge in [-0.2, -0.15) is 0 Å². The molecule has 4 rings (SSSR count). The molecule has 0 saturated heterocycles. The molecule has 0 aromatic carbocycles. The highest BCUT2D eigenvalue weighted by molar-refractivity contribution is 6.05. The summed E-state index contributed by atoms with van der Waals surface area (Å²) in [7, 11) is 0. The van der Waals surface area contributed by atoms with Gasteiger partial charge in [-0.15, -0.1) is 0 Å². The number of carbonyl (C=O) groups is 4. The molecule has 4 heteroatoms. The van der Waals surface area contributed by atoms with Gasteiger partial charge in [0.1, 0.15) is 23.1 Å². The quantitative estimate of drug-likeness (QED) is 0.622. The molecule has 0 aliphatic heterocycles. The van der Waals surface area contributed by atoms with Crippen LogP contribution < -0.4 is 0 Å². The number of hydrogen-bond donors (Lipinski definition) is 0. The normalized spacial score (nSPS) is 34.5. The molecule has 2 unspecified atom stereocenters. The second kappa shape index (κ2) is 4.36. The molecule has 0 N–H and O–H groups in total. The molecule has 0 amide bonds. The van der Waals surface area contributed by atoms with Crippen molar-refractivity contribution >= 4 is 23.1 Å². The van der Waals surface area contributed by atoms with E-state index in [0.717, 1.165) is 25.7 Å². The molecule has 0 aromatic heterocycles. The molecule has 4 fully saturated rings. The Morgan fingerprint density at radius 1 is 0.895 bits per heavy atom. The summed E-state index contributed by atoms with van der Waals surface area (Å²) in [5, 5.41) is 0. The number of ketones is 4. The highest BCUT2D eigenvalue weighted by atomic mass is 16.2. The van der Waals surface area contributed by atoms with Crippen molar-refractivity contribution in [2.75, 3.05) is 0 Å². The molecule has 0 radical (unpaired) electrons. The van der Waals surface area contributed by atoms with Gasteiger partial charge in [0, 0.05) is 24.2 Å². The standard InChI is InChI=1S/C8H10O2.C7H8O2/c9-6-1-2-8(3-4-8)7(10)5-6;8-5-1-4-2-6(4)7(9)3-5/h1-5H2;4,6H,1-3H2. The second-order valence-corrected chi connectivity index (χ2v) is 6.41. The Balaban J connectivity index is 0.000000117. The third kappa shape index (κ3) is 2.53. The Bertz CT molecular complexity index is 473. The number of fused-ring (bicyclic) bond motifs is 1. The zero-order chi connectivity index (χ0) is 13.6. The molecule has 0 bridgehead atoms. The van der Waals surface area contributed by atoms with Crippen molar-refractivity contribution in [1.29, 1.82) is 0 Å². The summed E-state index contributed by atoms with van der Waals surface area (Å²) in [4.78, 5) is 43.5. The first-order valence-electron chi connectivity index (χ1n) is 7.10. The van der Waals surface area contributed by atoms with Gasteiger partial charge in [0.25, 0.3) is 0 Å². The molecule has 2 atom stereocenters. The van der Waals surface area contributed by atoms with E-state index < -0.39 is 0 Å². The molecule has 4 aliphatic carbocycles. The van der Waals surface area contributed by atoms with E-state index in [1.807, 2.05) is 0 Å². The topological polar surface area (TPSA) is 68.3 Å². The maximum Gasteiger partial charge on any atom is 0.146 e. The molecule has 4 nitrogen and oxygen atoms in total. The van der Waals surface area contributed by atoms with Gasteiger partial charge in [0.05, 0.1) is 12.8 Å². The van der Waals surface area contributed by atoms with E-state index in [-0.39, 0.29) is 41.4 Å². The molecule has 4 aliphatic rings. The largest absolute Gasteiger partial charge is 0.299 e. The van der Waals surface area contributed by atoms with E-state index in [1.54, 1.807) is 0 Å². The first-order valence-corrected chi connectivity index (χ1v) is 7.10. The molecule has 0 aromatic rings. The van der Waals surface area contributed by atoms with Crippen molar-refractivity contribution < 1.29 is 19.2 Å². The van der Waals surface area contributed by atoms with Gasteiger partial charge in [-0.25, -0.2) is 0 Å². The number of Topliss-reactive ketones (excluding diaryl/α,β-unsaturated/α-hetero) is 4. The lowest BCUT2D eigenvalue weighted by Crippen LogP contribution is -2.25. The van der Waals surface area contributed by atoms with Crippen molar-refractivity contribution in [3.63, 3.8) is 0 Å². The Labute approximate surface area is 111 Å². The van der Waals surface area contributed by atoms with E-state index in [0.29, 0.717) is 24.7 Å². The number of rotatable bonds is 0. The summed E-state index contributed by atoms with van der Waals surface area (Å²) >= 11 is 0. The third-order valence-corrected chi connectivity index (χ3v) is 4.88. The van der Waals surface area contributed by atoms with Crippen molar-refractivity contribution in [2.24, 2.45) is 17.3 Å². The fourth-order valence-electron chi connectivity index (χ4n) is 3.21. The molecule has 4 saturated carbocycles. The SMILES string of the molecule is O=C1CC(=O)C2CC2C1.O=C1CCC2(CC2)C(=O)C1. The van der Waals surface area contributed by atoms with Crippen LogP contribution in [0.4, 0.5) is 0 Å². The summed E-state index contributed by atoms with van der Waals surface area (Å²) in [6.07, 6.45) is 5.68. The van der Waals surface area contributed by atoms with Gasteiger partial charge in [0.15, 0.2) is 0 Å². The Kier molecular flexibility index (Phi) is 2.91. The summed E-state index contributed by atoms with van der Waals surface area (Å²) < 4.78 is 0. The van der Waals surface area contributed by atoms with Crippen LogP contribution in [0.25, 0.3) is 0 Å². The van der Waals surface area contributed by atoms with Crippen molar-refractivity contribution in [2.45, 2.75) is 51.4 Å². The zero-order valence-corrected chi connectivity index (χ0v) is 10.9. The molecule has 19 heavy (non-hydrogen) atoms. The molecule has 1 spiro atoms. The van der Waals surface area contributed by atoms with Crippen LogP contribution in [0.5, 0.6) is 0 Å². The minimum Gasteiger partial charge on any atom is -0.299 e. The van der Waals surface area contributed by atoms with Gasteiger partial charge < -0.3 is 0 Å². The van der Waals surface area contributed by atoms with Crippen LogP contribution in [-0.4, -0.2) is 23.1 Å². The van der Waals surface area contributed by atoms with Crippen LogP contribution in [0.1, 0.15) is 51.4 Å². The summed E-state index contributed by atoms with van der Waals surface area (Å²) in [6, 6.07) is 0. The van der Waals surface area contributed by atoms with Crippen LogP contribution in [0.3, 0.4) is 0 Å². The van der Waals surface area contributed by atoms with Crippen LogP contribution in [0.15, 0.2) is 0 Å². The Morgan fingerprint density at radius 2 is 1.63 bits per heavy atom. The van der Waals surface area contributed by atoms with Gasteiger partial charge in [-0.1, -0.05) is 0 Å². The van der Waals surface area contributed by atoms with Gasteiger partial charge in [-0.05, 0) is 31.6 Å². The lowest BCUT2D eigenvalue weighted by molar-refractivity contribution is -0.134. The minimum absolute atomic E-state index is 0.00785. The zero-order valence-electron chi connectivity index (χ0n) is 10.9. The van der Waals surface area contributed by atoms with Crippen LogP contribution >= 0.6 is 0 Å². The second-order valence-electron chi connectivity index (χ2n) is 6.41. The molecular formula is C15H18O4. The van der Waals surface area contributed by atoms with E-state index >= 15 is 0 Å². The van der Waals surface area contributed by atoms with E-state index in [4.69, 9.17) is 0 Å². The summed E-state index contributed by atoms with van der Waals surface area (Å²) in [5.74, 6) is 1.45. The average molecular weight is 262 g/mol. The van der Waals surface area contributed by atoms with Gasteiger partial charge in [-0.3, -0.25) is 19.2 Å². The summed E-state index contributed by atoms with van der Waals surface area (Å²) in [5.41, 5.74) is 0.00785. The highest BCUT2D eigenvalue weighted by Gasteiger charge is 2.51. The smallest absolute Gasteiger partial charge is 0.146 e. The monoisotopic (exact) mass is 262 g/mol. The minimum atomic E-state index is 0.00785. The van der Waals surface area contributed by atoms with Crippen LogP contribution in [0.2, 0.25) is 0 Å². The average Bonchev–Trinajstić information content (AvgIpc) is 3.20. The first-order chi connectivity index (χ1) is 9.00. The van der Waals surface area contributed by atoms with Gasteiger partial charge in [0.2, 0.25) is 0 Å². The number of hydrogen-bond acceptors (Lipinski definition) is 4. The van der Waals surface area contributed by atoms with E-state index in [2.05, 4.69) is 0 Å². The molecular weight excluding hydrogens is 244 g/mol. The Hall–Kier alpha value is -1.32. The van der Waals surface area contributed by atoms with E-state index in [9.17, 15) is 19.2 Å². The van der Waals surface area contributed by atoms with Crippen molar-refractivity contribution in [3.8, 4) is 0 Å².